The third kappa shape index (κ3) is 3.59. The second kappa shape index (κ2) is 6.39. The van der Waals surface area contributed by atoms with Crippen LogP contribution in [0.15, 0.2) is 24.3 Å². The summed E-state index contributed by atoms with van der Waals surface area (Å²) in [5, 5.41) is 0. The van der Waals surface area contributed by atoms with Gasteiger partial charge in [0, 0.05) is 11.4 Å². The lowest BCUT2D eigenvalue weighted by atomic mass is 9.89. The molecule has 2 rings (SSSR count). The molecule has 0 saturated heterocycles. The van der Waals surface area contributed by atoms with Gasteiger partial charge >= 0.3 is 0 Å². The van der Waals surface area contributed by atoms with Crippen molar-refractivity contribution in [3.63, 3.8) is 0 Å². The van der Waals surface area contributed by atoms with Crippen molar-refractivity contribution in [3.8, 4) is 0 Å². The van der Waals surface area contributed by atoms with Crippen molar-refractivity contribution >= 4 is 5.78 Å². The standard InChI is InChI=1S/C19H24N2O/c1-11-7-13(3)20-17(9-11)15(5)19(22)16(6)18-10-12(2)8-14(4)21-18/h7-10,15-16H,1-6H3. The van der Waals surface area contributed by atoms with Gasteiger partial charge in [0.15, 0.2) is 0 Å². The van der Waals surface area contributed by atoms with E-state index in [9.17, 15) is 4.79 Å². The number of aromatic nitrogens is 2. The number of pyridine rings is 2. The van der Waals surface area contributed by atoms with Gasteiger partial charge in [-0.15, -0.1) is 0 Å². The lowest BCUT2D eigenvalue weighted by Gasteiger charge is -2.17. The van der Waals surface area contributed by atoms with Crippen LogP contribution in [0.5, 0.6) is 0 Å². The van der Waals surface area contributed by atoms with Crippen LogP contribution in [0, 0.1) is 27.7 Å². The lowest BCUT2D eigenvalue weighted by Crippen LogP contribution is -2.19. The van der Waals surface area contributed by atoms with Crippen LogP contribution in [0.2, 0.25) is 0 Å². The summed E-state index contributed by atoms with van der Waals surface area (Å²) >= 11 is 0. The van der Waals surface area contributed by atoms with Crippen LogP contribution in [-0.2, 0) is 4.79 Å². The molecule has 2 aromatic rings. The molecule has 0 aliphatic carbocycles. The number of rotatable bonds is 4. The van der Waals surface area contributed by atoms with Gasteiger partial charge in [0.05, 0.1) is 23.2 Å². The van der Waals surface area contributed by atoms with Gasteiger partial charge in [-0.1, -0.05) is 0 Å². The Kier molecular flexibility index (Phi) is 4.74. The fourth-order valence-electron chi connectivity index (χ4n) is 2.86. The van der Waals surface area contributed by atoms with Crippen LogP contribution in [0.25, 0.3) is 0 Å². The number of ketones is 1. The van der Waals surface area contributed by atoms with Crippen LogP contribution in [0.4, 0.5) is 0 Å². The summed E-state index contributed by atoms with van der Waals surface area (Å²) in [5.41, 5.74) is 5.87. The fraction of sp³-hybridized carbons (Fsp3) is 0.421. The van der Waals surface area contributed by atoms with Crippen LogP contribution < -0.4 is 0 Å². The molecule has 0 aromatic carbocycles. The zero-order valence-electron chi connectivity index (χ0n) is 14.3. The van der Waals surface area contributed by atoms with Gasteiger partial charge in [0.2, 0.25) is 0 Å². The molecule has 0 fully saturated rings. The van der Waals surface area contributed by atoms with Crippen molar-refractivity contribution in [1.82, 2.24) is 9.97 Å². The summed E-state index contributed by atoms with van der Waals surface area (Å²) in [6, 6.07) is 8.04. The van der Waals surface area contributed by atoms with Crippen molar-refractivity contribution in [2.45, 2.75) is 53.4 Å². The first-order valence-electron chi connectivity index (χ1n) is 7.72. The smallest absolute Gasteiger partial charge is 0.150 e. The molecule has 0 amide bonds. The van der Waals surface area contributed by atoms with E-state index in [1.807, 2.05) is 65.8 Å². The molecule has 2 atom stereocenters. The van der Waals surface area contributed by atoms with E-state index in [2.05, 4.69) is 9.97 Å². The molecule has 22 heavy (non-hydrogen) atoms. The summed E-state index contributed by atoms with van der Waals surface area (Å²) in [6.07, 6.45) is 0. The summed E-state index contributed by atoms with van der Waals surface area (Å²) in [6.45, 7) is 11.9. The monoisotopic (exact) mass is 296 g/mol. The minimum absolute atomic E-state index is 0.162. The number of nitrogens with zero attached hydrogens (tertiary/aromatic N) is 2. The number of carbonyl (C=O) groups excluding carboxylic acids is 1. The molecule has 0 spiro atoms. The Morgan fingerprint density at radius 1 is 0.773 bits per heavy atom. The summed E-state index contributed by atoms with van der Waals surface area (Å²) in [7, 11) is 0. The van der Waals surface area contributed by atoms with Gasteiger partial charge < -0.3 is 0 Å². The summed E-state index contributed by atoms with van der Waals surface area (Å²) in [5.74, 6) is -0.289. The number of hydrogen-bond donors (Lipinski definition) is 0. The highest BCUT2D eigenvalue weighted by molar-refractivity contribution is 5.90. The second-order valence-electron chi connectivity index (χ2n) is 6.27. The van der Waals surface area contributed by atoms with E-state index in [0.29, 0.717) is 0 Å². The van der Waals surface area contributed by atoms with Crippen molar-refractivity contribution < 1.29 is 4.79 Å². The first-order valence-corrected chi connectivity index (χ1v) is 7.72. The average molecular weight is 296 g/mol. The van der Waals surface area contributed by atoms with E-state index in [4.69, 9.17) is 0 Å². The molecule has 2 heterocycles. The highest BCUT2D eigenvalue weighted by Crippen LogP contribution is 2.25. The average Bonchev–Trinajstić information content (AvgIpc) is 2.42. The molecule has 116 valence electrons. The Hall–Kier alpha value is -2.03. The molecule has 0 saturated carbocycles. The van der Waals surface area contributed by atoms with E-state index in [-0.39, 0.29) is 17.6 Å². The number of carbonyl (C=O) groups is 1. The van der Waals surface area contributed by atoms with Crippen LogP contribution >= 0.6 is 0 Å². The normalized spacial score (nSPS) is 13.7. The van der Waals surface area contributed by atoms with E-state index in [1.165, 1.54) is 0 Å². The summed E-state index contributed by atoms with van der Waals surface area (Å²) < 4.78 is 0. The predicted molar refractivity (Wildman–Crippen MR) is 89.3 cm³/mol. The van der Waals surface area contributed by atoms with Gasteiger partial charge in [0.1, 0.15) is 5.78 Å². The van der Waals surface area contributed by atoms with Crippen LogP contribution in [0.3, 0.4) is 0 Å². The number of aryl methyl sites for hydroxylation is 4. The molecule has 0 aliphatic heterocycles. The lowest BCUT2D eigenvalue weighted by molar-refractivity contribution is -0.121. The van der Waals surface area contributed by atoms with Gasteiger partial charge in [-0.05, 0) is 76.9 Å². The van der Waals surface area contributed by atoms with Gasteiger partial charge in [-0.2, -0.15) is 0 Å². The third-order valence-electron chi connectivity index (χ3n) is 3.98. The number of Topliss-reactive ketones (excluding diaryl/α,β-unsaturated/α-hetero) is 1. The molecule has 3 nitrogen and oxygen atoms in total. The van der Waals surface area contributed by atoms with E-state index >= 15 is 0 Å². The van der Waals surface area contributed by atoms with Crippen molar-refractivity contribution in [2.75, 3.05) is 0 Å². The van der Waals surface area contributed by atoms with Gasteiger partial charge in [-0.25, -0.2) is 0 Å². The molecular weight excluding hydrogens is 272 g/mol. The van der Waals surface area contributed by atoms with E-state index in [0.717, 1.165) is 33.9 Å². The first-order chi connectivity index (χ1) is 10.3. The maximum atomic E-state index is 12.8. The maximum absolute atomic E-state index is 12.8. The number of hydrogen-bond acceptors (Lipinski definition) is 3. The minimum atomic E-state index is -0.226. The van der Waals surface area contributed by atoms with Crippen LogP contribution in [0.1, 0.15) is 59.6 Å². The fourth-order valence-corrected chi connectivity index (χ4v) is 2.86. The second-order valence-corrected chi connectivity index (χ2v) is 6.27. The zero-order valence-corrected chi connectivity index (χ0v) is 14.3. The topological polar surface area (TPSA) is 42.9 Å². The Morgan fingerprint density at radius 3 is 1.45 bits per heavy atom. The highest BCUT2D eigenvalue weighted by Gasteiger charge is 2.25. The molecule has 0 aliphatic rings. The van der Waals surface area contributed by atoms with E-state index in [1.54, 1.807) is 0 Å². The Labute approximate surface area is 132 Å². The molecule has 2 aromatic heterocycles. The van der Waals surface area contributed by atoms with Crippen LogP contribution in [-0.4, -0.2) is 15.8 Å². The molecule has 0 N–H and O–H groups in total. The van der Waals surface area contributed by atoms with Gasteiger partial charge in [-0.3, -0.25) is 14.8 Å². The quantitative estimate of drug-likeness (QED) is 0.849. The minimum Gasteiger partial charge on any atom is -0.298 e. The summed E-state index contributed by atoms with van der Waals surface area (Å²) in [4.78, 5) is 21.9. The molecule has 3 heteroatoms. The molecule has 0 radical (unpaired) electrons. The van der Waals surface area contributed by atoms with Crippen molar-refractivity contribution in [1.29, 1.82) is 0 Å². The molecular formula is C19H24N2O. The molecule has 0 bridgehead atoms. The van der Waals surface area contributed by atoms with Gasteiger partial charge in [0.25, 0.3) is 0 Å². The third-order valence-corrected chi connectivity index (χ3v) is 3.98. The Bertz CT molecular complexity index is 607. The largest absolute Gasteiger partial charge is 0.298 e. The van der Waals surface area contributed by atoms with Crippen molar-refractivity contribution in [2.24, 2.45) is 0 Å². The SMILES string of the molecule is Cc1cc(C)nc(C(C)C(=O)C(C)c2cc(C)cc(C)n2)c1. The highest BCUT2D eigenvalue weighted by atomic mass is 16.1. The first kappa shape index (κ1) is 16.3. The predicted octanol–water partition coefficient (Wildman–Crippen LogP) is 4.19. The maximum Gasteiger partial charge on any atom is 0.150 e. The van der Waals surface area contributed by atoms with E-state index < -0.39 is 0 Å². The van der Waals surface area contributed by atoms with Crippen molar-refractivity contribution in [3.05, 3.63) is 58.2 Å². The zero-order chi connectivity index (χ0) is 16.4. The molecule has 2 unspecified atom stereocenters. The Morgan fingerprint density at radius 2 is 1.14 bits per heavy atom. The Balaban J connectivity index is 2.29.